The van der Waals surface area contributed by atoms with E-state index in [4.69, 9.17) is 30.5 Å². The van der Waals surface area contributed by atoms with E-state index in [1.807, 2.05) is 43.3 Å². The van der Waals surface area contributed by atoms with Crippen LogP contribution in [0.4, 0.5) is 0 Å². The van der Waals surface area contributed by atoms with Crippen LogP contribution in [0.3, 0.4) is 0 Å². The molecule has 0 aliphatic carbocycles. The first-order valence-electron chi connectivity index (χ1n) is 10.7. The maximum Gasteiger partial charge on any atom is 0.244 e. The molecule has 0 spiro atoms. The molecule has 0 saturated heterocycles. The molecule has 0 aliphatic heterocycles. The van der Waals surface area contributed by atoms with Crippen molar-refractivity contribution >= 4 is 23.7 Å². The zero-order chi connectivity index (χ0) is 24.3. The highest BCUT2D eigenvalue weighted by Gasteiger charge is 2.09. The number of nitrogens with one attached hydrogen (secondary N) is 1. The summed E-state index contributed by atoms with van der Waals surface area (Å²) in [7, 11) is 3.12. The third-order valence-corrected chi connectivity index (χ3v) is 5.00. The van der Waals surface area contributed by atoms with Crippen LogP contribution in [0.5, 0.6) is 23.0 Å². The second-order valence-corrected chi connectivity index (χ2v) is 7.65. The Kier molecular flexibility index (Phi) is 9.17. The monoisotopic (exact) mass is 482 g/mol. The number of benzene rings is 3. The third-order valence-electron chi connectivity index (χ3n) is 4.77. The van der Waals surface area contributed by atoms with Crippen molar-refractivity contribution in [1.29, 1.82) is 0 Å². The minimum absolute atomic E-state index is 0.151. The minimum atomic E-state index is -0.255. The van der Waals surface area contributed by atoms with E-state index in [9.17, 15) is 4.79 Å². The molecule has 0 bridgehead atoms. The lowest BCUT2D eigenvalue weighted by Gasteiger charge is -2.13. The number of rotatable bonds is 11. The highest BCUT2D eigenvalue weighted by Crippen LogP contribution is 2.29. The van der Waals surface area contributed by atoms with Crippen molar-refractivity contribution in [2.24, 2.45) is 5.10 Å². The summed E-state index contributed by atoms with van der Waals surface area (Å²) in [4.78, 5) is 12.3. The average Bonchev–Trinajstić information content (AvgIpc) is 2.83. The van der Waals surface area contributed by atoms with Crippen LogP contribution in [0, 0.1) is 0 Å². The van der Waals surface area contributed by atoms with E-state index < -0.39 is 0 Å². The maximum atomic E-state index is 12.3. The Morgan fingerprint density at radius 1 is 0.912 bits per heavy atom. The molecule has 3 rings (SSSR count). The van der Waals surface area contributed by atoms with Crippen LogP contribution in [-0.4, -0.2) is 32.9 Å². The number of methoxy groups -OCH3 is 2. The Bertz CT molecular complexity index is 1150. The molecule has 178 valence electrons. The number of nitrogens with zero attached hydrogens (tertiary/aromatic N) is 1. The number of carbonyl (C=O) groups is 1. The molecule has 0 aromatic heterocycles. The van der Waals surface area contributed by atoms with Gasteiger partial charge in [-0.2, -0.15) is 5.10 Å². The minimum Gasteiger partial charge on any atom is -0.493 e. The quantitative estimate of drug-likeness (QED) is 0.306. The Labute approximate surface area is 204 Å². The van der Waals surface area contributed by atoms with Crippen molar-refractivity contribution in [2.45, 2.75) is 20.0 Å². The van der Waals surface area contributed by atoms with Gasteiger partial charge in [-0.25, -0.2) is 5.43 Å². The van der Waals surface area contributed by atoms with Crippen molar-refractivity contribution in [2.75, 3.05) is 20.8 Å². The first-order chi connectivity index (χ1) is 16.5. The fourth-order valence-corrected chi connectivity index (χ4v) is 3.39. The van der Waals surface area contributed by atoms with Crippen molar-refractivity contribution < 1.29 is 23.7 Å². The van der Waals surface area contributed by atoms with Crippen molar-refractivity contribution in [3.05, 3.63) is 82.4 Å². The molecule has 0 atom stereocenters. The topological polar surface area (TPSA) is 78.4 Å². The molecule has 3 aromatic rings. The van der Waals surface area contributed by atoms with Gasteiger partial charge in [0, 0.05) is 5.02 Å². The van der Waals surface area contributed by atoms with Gasteiger partial charge in [0.2, 0.25) is 5.91 Å². The number of halogens is 1. The van der Waals surface area contributed by atoms with E-state index in [-0.39, 0.29) is 12.3 Å². The molecule has 1 N–H and O–H groups in total. The summed E-state index contributed by atoms with van der Waals surface area (Å²) >= 11 is 6.03. The molecule has 0 saturated carbocycles. The lowest BCUT2D eigenvalue weighted by Crippen LogP contribution is -2.19. The van der Waals surface area contributed by atoms with Crippen LogP contribution < -0.4 is 24.4 Å². The lowest BCUT2D eigenvalue weighted by molar-refractivity contribution is -0.120. The molecule has 7 nitrogen and oxygen atoms in total. The van der Waals surface area contributed by atoms with Gasteiger partial charge in [0.1, 0.15) is 6.61 Å². The number of hydrazone groups is 1. The summed E-state index contributed by atoms with van der Waals surface area (Å²) in [6, 6.07) is 18.3. The highest BCUT2D eigenvalue weighted by molar-refractivity contribution is 6.30. The smallest absolute Gasteiger partial charge is 0.244 e. The van der Waals surface area contributed by atoms with Crippen LogP contribution >= 0.6 is 11.6 Å². The van der Waals surface area contributed by atoms with Gasteiger partial charge in [0.05, 0.1) is 33.5 Å². The van der Waals surface area contributed by atoms with Gasteiger partial charge < -0.3 is 18.9 Å². The van der Waals surface area contributed by atoms with E-state index in [0.717, 1.165) is 16.7 Å². The van der Waals surface area contributed by atoms with Crippen LogP contribution in [0.25, 0.3) is 0 Å². The number of hydrogen-bond donors (Lipinski definition) is 1. The van der Waals surface area contributed by atoms with E-state index in [1.54, 1.807) is 44.7 Å². The molecule has 8 heteroatoms. The highest BCUT2D eigenvalue weighted by atomic mass is 35.5. The number of amides is 1. The van der Waals surface area contributed by atoms with E-state index in [1.165, 1.54) is 0 Å². The first-order valence-corrected chi connectivity index (χ1v) is 11.1. The molecular formula is C26H27ClN2O5. The molecule has 1 amide bonds. The second kappa shape index (κ2) is 12.5. The summed E-state index contributed by atoms with van der Waals surface area (Å²) in [5, 5.41) is 4.71. The van der Waals surface area contributed by atoms with Crippen LogP contribution in [-0.2, 0) is 17.8 Å². The second-order valence-electron chi connectivity index (χ2n) is 7.22. The van der Waals surface area contributed by atoms with E-state index >= 15 is 0 Å². The molecule has 0 radical (unpaired) electrons. The largest absolute Gasteiger partial charge is 0.493 e. The van der Waals surface area contributed by atoms with Crippen LogP contribution in [0.2, 0.25) is 5.02 Å². The van der Waals surface area contributed by atoms with Crippen LogP contribution in [0.15, 0.2) is 65.8 Å². The summed E-state index contributed by atoms with van der Waals surface area (Å²) < 4.78 is 22.1. The Hall–Kier alpha value is -3.71. The molecule has 0 heterocycles. The molecule has 34 heavy (non-hydrogen) atoms. The van der Waals surface area contributed by atoms with Gasteiger partial charge in [0.15, 0.2) is 23.0 Å². The number of hydrogen-bond acceptors (Lipinski definition) is 6. The lowest BCUT2D eigenvalue weighted by atomic mass is 10.1. The van der Waals surface area contributed by atoms with Crippen LogP contribution in [0.1, 0.15) is 23.6 Å². The van der Waals surface area contributed by atoms with Gasteiger partial charge in [-0.05, 0) is 66.1 Å². The summed E-state index contributed by atoms with van der Waals surface area (Å²) in [5.41, 5.74) is 5.03. The maximum absolute atomic E-state index is 12.3. The first kappa shape index (κ1) is 24.9. The van der Waals surface area contributed by atoms with Gasteiger partial charge in [0.25, 0.3) is 0 Å². The predicted octanol–water partition coefficient (Wildman–Crippen LogP) is 5.03. The molecule has 0 aliphatic rings. The average molecular weight is 483 g/mol. The standard InChI is InChI=1S/C26H27ClN2O5/c1-4-33-25-14-19(9-11-23(25)34-17-20-6-5-7-21(27)12-20)16-28-29-26(30)15-18-8-10-22(31-2)24(13-18)32-3/h5-14,16H,4,15,17H2,1-3H3,(H,29,30)/b28-16-. The summed E-state index contributed by atoms with van der Waals surface area (Å²) in [5.74, 6) is 2.11. The SMILES string of the molecule is CCOc1cc(/C=N\NC(=O)Cc2ccc(OC)c(OC)c2)ccc1OCc1cccc(Cl)c1. The molecule has 3 aromatic carbocycles. The molecular weight excluding hydrogens is 456 g/mol. The number of carbonyl (C=O) groups excluding carboxylic acids is 1. The zero-order valence-electron chi connectivity index (χ0n) is 19.3. The predicted molar refractivity (Wildman–Crippen MR) is 132 cm³/mol. The summed E-state index contributed by atoms with van der Waals surface area (Å²) in [6.45, 7) is 2.74. The number of ether oxygens (including phenoxy) is 4. The Morgan fingerprint density at radius 2 is 1.71 bits per heavy atom. The van der Waals surface area contributed by atoms with Crippen molar-refractivity contribution in [3.8, 4) is 23.0 Å². The van der Waals surface area contributed by atoms with Gasteiger partial charge in [-0.15, -0.1) is 0 Å². The Balaban J connectivity index is 1.60. The zero-order valence-corrected chi connectivity index (χ0v) is 20.1. The third kappa shape index (κ3) is 7.15. The molecule has 0 unspecified atom stereocenters. The fourth-order valence-electron chi connectivity index (χ4n) is 3.17. The Morgan fingerprint density at radius 3 is 2.44 bits per heavy atom. The fraction of sp³-hybridized carbons (Fsp3) is 0.231. The molecule has 0 fully saturated rings. The summed E-state index contributed by atoms with van der Waals surface area (Å²) in [6.07, 6.45) is 1.70. The van der Waals surface area contributed by atoms with E-state index in [2.05, 4.69) is 10.5 Å². The van der Waals surface area contributed by atoms with E-state index in [0.29, 0.717) is 41.2 Å². The van der Waals surface area contributed by atoms with Gasteiger partial charge >= 0.3 is 0 Å². The van der Waals surface area contributed by atoms with Crippen molar-refractivity contribution in [1.82, 2.24) is 5.43 Å². The van der Waals surface area contributed by atoms with Gasteiger partial charge in [-0.1, -0.05) is 29.8 Å². The normalized spacial score (nSPS) is 10.7. The van der Waals surface area contributed by atoms with Gasteiger partial charge in [-0.3, -0.25) is 4.79 Å². The van der Waals surface area contributed by atoms with Crippen molar-refractivity contribution in [3.63, 3.8) is 0 Å².